The Kier molecular flexibility index (Phi) is 2.31. The summed E-state index contributed by atoms with van der Waals surface area (Å²) in [6.07, 6.45) is 3.00. The van der Waals surface area contributed by atoms with Crippen LogP contribution in [0.2, 0.25) is 0 Å². The number of aliphatic hydroxyl groups excluding tert-OH is 2. The van der Waals surface area contributed by atoms with Crippen LogP contribution in [0.4, 0.5) is 0 Å². The van der Waals surface area contributed by atoms with Crippen LogP contribution in [0.3, 0.4) is 0 Å². The summed E-state index contributed by atoms with van der Waals surface area (Å²) in [6.45, 7) is 0. The van der Waals surface area contributed by atoms with Crippen LogP contribution in [0.25, 0.3) is 16.7 Å². The molecule has 0 saturated carbocycles. The van der Waals surface area contributed by atoms with Crippen LogP contribution in [0.5, 0.6) is 0 Å². The molecule has 0 radical (unpaired) electrons. The second-order valence-electron chi connectivity index (χ2n) is 3.93. The Morgan fingerprint density at radius 1 is 1.18 bits per heavy atom. The lowest BCUT2D eigenvalue weighted by Gasteiger charge is -2.18. The zero-order chi connectivity index (χ0) is 11.8. The average molecular weight is 229 g/mol. The lowest BCUT2D eigenvalue weighted by atomic mass is 9.99. The Morgan fingerprint density at radius 2 is 2.00 bits per heavy atom. The van der Waals surface area contributed by atoms with Crippen molar-refractivity contribution < 1.29 is 14.6 Å². The maximum atomic E-state index is 9.85. The summed E-state index contributed by atoms with van der Waals surface area (Å²) >= 11 is 0. The van der Waals surface area contributed by atoms with Crippen molar-refractivity contribution in [3.05, 3.63) is 48.4 Å². The van der Waals surface area contributed by atoms with Crippen molar-refractivity contribution in [1.29, 1.82) is 0 Å². The third-order valence-electron chi connectivity index (χ3n) is 2.77. The number of oxazole rings is 1. The topological polar surface area (TPSA) is 66.5 Å². The monoisotopic (exact) mass is 229 g/mol. The van der Waals surface area contributed by atoms with Crippen LogP contribution in [0, 0.1) is 0 Å². The highest BCUT2D eigenvalue weighted by molar-refractivity contribution is 5.77. The summed E-state index contributed by atoms with van der Waals surface area (Å²) < 4.78 is 5.54. The van der Waals surface area contributed by atoms with Crippen LogP contribution in [-0.2, 0) is 0 Å². The third-order valence-corrected chi connectivity index (χ3v) is 2.77. The van der Waals surface area contributed by atoms with Crippen molar-refractivity contribution in [2.75, 3.05) is 0 Å². The molecule has 86 valence electrons. The molecular formula is C13H11NO3. The Hall–Kier alpha value is -1.91. The molecule has 17 heavy (non-hydrogen) atoms. The van der Waals surface area contributed by atoms with E-state index in [1.54, 1.807) is 12.2 Å². The van der Waals surface area contributed by atoms with Gasteiger partial charge in [-0.1, -0.05) is 30.4 Å². The second kappa shape index (κ2) is 3.84. The Morgan fingerprint density at radius 3 is 2.82 bits per heavy atom. The van der Waals surface area contributed by atoms with Gasteiger partial charge in [-0.25, -0.2) is 4.98 Å². The van der Waals surface area contributed by atoms with Crippen LogP contribution < -0.4 is 0 Å². The number of benzene rings is 1. The molecule has 1 aromatic carbocycles. The quantitative estimate of drug-likeness (QED) is 0.777. The molecule has 0 spiro atoms. The molecule has 3 rings (SSSR count). The summed E-state index contributed by atoms with van der Waals surface area (Å²) in [5.41, 5.74) is 1.90. The molecule has 0 aliphatic heterocycles. The molecule has 0 saturated heterocycles. The molecule has 2 aromatic rings. The summed E-state index contributed by atoms with van der Waals surface area (Å²) in [4.78, 5) is 4.28. The lowest BCUT2D eigenvalue weighted by molar-refractivity contribution is 0.0846. The first-order chi connectivity index (χ1) is 8.25. The molecule has 0 amide bonds. The SMILES string of the molecule is O[C@@H]1C(c2nc3ccccc3o2)=CC=C[C@@H]1O. The van der Waals surface area contributed by atoms with Gasteiger partial charge in [0, 0.05) is 5.57 Å². The van der Waals surface area contributed by atoms with Crippen molar-refractivity contribution in [3.8, 4) is 0 Å². The van der Waals surface area contributed by atoms with E-state index in [-0.39, 0.29) is 0 Å². The minimum absolute atomic E-state index is 0.349. The van der Waals surface area contributed by atoms with Gasteiger partial charge in [0.2, 0.25) is 5.89 Å². The molecule has 1 aliphatic carbocycles. The lowest BCUT2D eigenvalue weighted by Crippen LogP contribution is -2.27. The molecule has 0 fully saturated rings. The maximum absolute atomic E-state index is 9.85. The molecule has 2 N–H and O–H groups in total. The number of para-hydroxylation sites is 2. The highest BCUT2D eigenvalue weighted by Crippen LogP contribution is 2.26. The molecule has 0 unspecified atom stereocenters. The van der Waals surface area contributed by atoms with Gasteiger partial charge in [0.1, 0.15) is 17.7 Å². The largest absolute Gasteiger partial charge is 0.436 e. The van der Waals surface area contributed by atoms with Gasteiger partial charge in [-0.15, -0.1) is 0 Å². The van der Waals surface area contributed by atoms with Crippen molar-refractivity contribution in [3.63, 3.8) is 0 Å². The molecule has 4 nitrogen and oxygen atoms in total. The van der Waals surface area contributed by atoms with E-state index in [4.69, 9.17) is 4.42 Å². The van der Waals surface area contributed by atoms with E-state index in [2.05, 4.69) is 4.98 Å². The normalized spacial score (nSPS) is 24.0. The minimum Gasteiger partial charge on any atom is -0.436 e. The second-order valence-corrected chi connectivity index (χ2v) is 3.93. The molecule has 4 heteroatoms. The highest BCUT2D eigenvalue weighted by Gasteiger charge is 2.25. The first kappa shape index (κ1) is 10.3. The van der Waals surface area contributed by atoms with Crippen molar-refractivity contribution in [2.24, 2.45) is 0 Å². The van der Waals surface area contributed by atoms with E-state index >= 15 is 0 Å². The summed E-state index contributed by atoms with van der Waals surface area (Å²) in [6, 6.07) is 7.38. The van der Waals surface area contributed by atoms with Crippen molar-refractivity contribution in [1.82, 2.24) is 4.98 Å². The van der Waals surface area contributed by atoms with Gasteiger partial charge in [0.15, 0.2) is 5.58 Å². The Labute approximate surface area is 97.5 Å². The average Bonchev–Trinajstić information content (AvgIpc) is 2.76. The predicted molar refractivity (Wildman–Crippen MR) is 63.1 cm³/mol. The van der Waals surface area contributed by atoms with Crippen LogP contribution in [0.1, 0.15) is 5.89 Å². The highest BCUT2D eigenvalue weighted by atomic mass is 16.4. The van der Waals surface area contributed by atoms with Gasteiger partial charge in [0.25, 0.3) is 0 Å². The van der Waals surface area contributed by atoms with Gasteiger partial charge >= 0.3 is 0 Å². The minimum atomic E-state index is -0.993. The number of rotatable bonds is 1. The molecule has 1 heterocycles. The fourth-order valence-corrected chi connectivity index (χ4v) is 1.85. The summed E-state index contributed by atoms with van der Waals surface area (Å²) in [5.74, 6) is 0.349. The fraction of sp³-hybridized carbons (Fsp3) is 0.154. The number of aliphatic hydroxyl groups is 2. The van der Waals surface area contributed by atoms with E-state index in [9.17, 15) is 10.2 Å². The van der Waals surface area contributed by atoms with Gasteiger partial charge in [-0.3, -0.25) is 0 Å². The maximum Gasteiger partial charge on any atom is 0.225 e. The number of nitrogens with zero attached hydrogens (tertiary/aromatic N) is 1. The predicted octanol–water partition coefficient (Wildman–Crippen LogP) is 1.50. The number of hydrogen-bond donors (Lipinski definition) is 2. The zero-order valence-corrected chi connectivity index (χ0v) is 8.95. The number of aromatic nitrogens is 1. The number of allylic oxidation sites excluding steroid dienone is 2. The molecule has 2 atom stereocenters. The summed E-state index contributed by atoms with van der Waals surface area (Å²) in [7, 11) is 0. The third kappa shape index (κ3) is 1.67. The number of fused-ring (bicyclic) bond motifs is 1. The van der Waals surface area contributed by atoms with E-state index < -0.39 is 12.2 Å². The van der Waals surface area contributed by atoms with Gasteiger partial charge in [-0.05, 0) is 12.1 Å². The van der Waals surface area contributed by atoms with Gasteiger partial charge in [0.05, 0.1) is 0 Å². The molecule has 0 bridgehead atoms. The van der Waals surface area contributed by atoms with Crippen LogP contribution in [0.15, 0.2) is 46.9 Å². The Balaban J connectivity index is 2.09. The van der Waals surface area contributed by atoms with Gasteiger partial charge < -0.3 is 14.6 Å². The van der Waals surface area contributed by atoms with E-state index in [0.717, 1.165) is 5.52 Å². The smallest absolute Gasteiger partial charge is 0.225 e. The number of hydrogen-bond acceptors (Lipinski definition) is 4. The zero-order valence-electron chi connectivity index (χ0n) is 8.95. The standard InChI is InChI=1S/C13H11NO3/c15-10-6-3-4-8(12(10)16)13-14-9-5-1-2-7-11(9)17-13/h1-7,10,12,15-16H/t10-,12+/m0/s1. The fourth-order valence-electron chi connectivity index (χ4n) is 1.85. The molecule has 1 aliphatic rings. The first-order valence-corrected chi connectivity index (χ1v) is 5.36. The van der Waals surface area contributed by atoms with Crippen molar-refractivity contribution >= 4 is 16.7 Å². The molecule has 1 aromatic heterocycles. The first-order valence-electron chi connectivity index (χ1n) is 5.36. The van der Waals surface area contributed by atoms with E-state index in [1.165, 1.54) is 6.08 Å². The van der Waals surface area contributed by atoms with E-state index in [0.29, 0.717) is 17.0 Å². The summed E-state index contributed by atoms with van der Waals surface area (Å²) in [5, 5.41) is 19.4. The van der Waals surface area contributed by atoms with Crippen molar-refractivity contribution in [2.45, 2.75) is 12.2 Å². The van der Waals surface area contributed by atoms with Gasteiger partial charge in [-0.2, -0.15) is 0 Å². The van der Waals surface area contributed by atoms with Crippen LogP contribution >= 0.6 is 0 Å². The Bertz CT molecular complexity index is 579. The molecular weight excluding hydrogens is 218 g/mol. The van der Waals surface area contributed by atoms with Crippen LogP contribution in [-0.4, -0.2) is 27.4 Å². The van der Waals surface area contributed by atoms with E-state index in [1.807, 2.05) is 24.3 Å².